The van der Waals surface area contributed by atoms with Gasteiger partial charge in [-0.15, -0.1) is 0 Å². The van der Waals surface area contributed by atoms with Crippen molar-refractivity contribution >= 4 is 23.2 Å². The van der Waals surface area contributed by atoms with E-state index in [2.05, 4.69) is 43.0 Å². The van der Waals surface area contributed by atoms with E-state index in [0.717, 1.165) is 28.1 Å². The Labute approximate surface area is 196 Å². The van der Waals surface area contributed by atoms with Crippen molar-refractivity contribution in [2.24, 2.45) is 0 Å². The predicted molar refractivity (Wildman–Crippen MR) is 133 cm³/mol. The molecular formula is C28H31N3O2. The average Bonchev–Trinajstić information content (AvgIpc) is 2.86. The summed E-state index contributed by atoms with van der Waals surface area (Å²) in [6, 6.07) is 24.0. The van der Waals surface area contributed by atoms with Crippen LogP contribution in [0.4, 0.5) is 11.4 Å². The summed E-state index contributed by atoms with van der Waals surface area (Å²) in [6.07, 6.45) is 0.419. The molecule has 1 saturated heterocycles. The Hall–Kier alpha value is -3.60. The van der Waals surface area contributed by atoms with Gasteiger partial charge in [-0.25, -0.2) is 0 Å². The number of piperazine rings is 1. The quantitative estimate of drug-likeness (QED) is 0.581. The average molecular weight is 442 g/mol. The molecule has 0 saturated carbocycles. The molecule has 0 unspecified atom stereocenters. The van der Waals surface area contributed by atoms with Crippen LogP contribution in [0.3, 0.4) is 0 Å². The van der Waals surface area contributed by atoms with E-state index in [9.17, 15) is 9.59 Å². The van der Waals surface area contributed by atoms with Crippen LogP contribution in [-0.2, 0) is 11.2 Å². The molecule has 33 heavy (non-hydrogen) atoms. The number of carbonyl (C=O) groups excluding carboxylic acids is 2. The van der Waals surface area contributed by atoms with Crippen molar-refractivity contribution in [3.8, 4) is 0 Å². The highest BCUT2D eigenvalue weighted by Gasteiger charge is 2.25. The van der Waals surface area contributed by atoms with Crippen LogP contribution in [-0.4, -0.2) is 54.8 Å². The maximum absolute atomic E-state index is 13.0. The zero-order valence-corrected chi connectivity index (χ0v) is 19.6. The van der Waals surface area contributed by atoms with Gasteiger partial charge in [0, 0.05) is 50.2 Å². The third-order valence-corrected chi connectivity index (χ3v) is 6.54. The molecule has 5 heteroatoms. The number of aryl methyl sites for hydroxylation is 2. The number of para-hydroxylation sites is 1. The highest BCUT2D eigenvalue weighted by atomic mass is 16.2. The second-order valence-corrected chi connectivity index (χ2v) is 8.66. The number of anilines is 2. The van der Waals surface area contributed by atoms with Crippen LogP contribution < -0.4 is 4.90 Å². The molecule has 0 aromatic heterocycles. The molecule has 4 rings (SSSR count). The second kappa shape index (κ2) is 9.90. The fourth-order valence-corrected chi connectivity index (χ4v) is 4.36. The van der Waals surface area contributed by atoms with Gasteiger partial charge in [0.1, 0.15) is 0 Å². The van der Waals surface area contributed by atoms with Crippen LogP contribution in [0.5, 0.6) is 0 Å². The Kier molecular flexibility index (Phi) is 6.78. The first-order valence-electron chi connectivity index (χ1n) is 11.4. The highest BCUT2D eigenvalue weighted by molar-refractivity contribution is 5.95. The minimum absolute atomic E-state index is 0.0192. The number of amides is 2. The zero-order chi connectivity index (χ0) is 23.4. The van der Waals surface area contributed by atoms with Gasteiger partial charge in [0.05, 0.1) is 6.42 Å². The summed E-state index contributed by atoms with van der Waals surface area (Å²) in [6.45, 7) is 6.37. The fourth-order valence-electron chi connectivity index (χ4n) is 4.36. The van der Waals surface area contributed by atoms with Gasteiger partial charge in [0.15, 0.2) is 0 Å². The molecule has 3 aromatic rings. The number of rotatable bonds is 5. The molecule has 0 bridgehead atoms. The van der Waals surface area contributed by atoms with Crippen LogP contribution in [0.2, 0.25) is 0 Å². The summed E-state index contributed by atoms with van der Waals surface area (Å²) in [5, 5.41) is 0. The van der Waals surface area contributed by atoms with Gasteiger partial charge < -0.3 is 14.7 Å². The van der Waals surface area contributed by atoms with Crippen LogP contribution in [0.25, 0.3) is 0 Å². The Bertz CT molecular complexity index is 1100. The van der Waals surface area contributed by atoms with Crippen LogP contribution in [0.15, 0.2) is 72.8 Å². The zero-order valence-electron chi connectivity index (χ0n) is 19.6. The first kappa shape index (κ1) is 22.6. The van der Waals surface area contributed by atoms with E-state index in [-0.39, 0.29) is 11.8 Å². The number of benzene rings is 3. The van der Waals surface area contributed by atoms with Crippen molar-refractivity contribution in [2.75, 3.05) is 38.1 Å². The first-order chi connectivity index (χ1) is 15.9. The summed E-state index contributed by atoms with van der Waals surface area (Å²) in [4.78, 5) is 31.7. The lowest BCUT2D eigenvalue weighted by molar-refractivity contribution is -0.131. The normalized spacial score (nSPS) is 13.7. The van der Waals surface area contributed by atoms with Gasteiger partial charge >= 0.3 is 0 Å². The molecule has 0 aliphatic carbocycles. The van der Waals surface area contributed by atoms with E-state index in [0.29, 0.717) is 38.2 Å². The molecule has 1 heterocycles. The Morgan fingerprint density at radius 2 is 1.27 bits per heavy atom. The van der Waals surface area contributed by atoms with E-state index in [1.165, 1.54) is 0 Å². The van der Waals surface area contributed by atoms with Crippen molar-refractivity contribution in [3.05, 3.63) is 95.1 Å². The van der Waals surface area contributed by atoms with Crippen LogP contribution in [0, 0.1) is 13.8 Å². The van der Waals surface area contributed by atoms with E-state index < -0.39 is 0 Å². The summed E-state index contributed by atoms with van der Waals surface area (Å²) in [5.74, 6) is 0.151. The van der Waals surface area contributed by atoms with E-state index in [1.807, 2.05) is 65.4 Å². The van der Waals surface area contributed by atoms with Crippen molar-refractivity contribution in [1.29, 1.82) is 0 Å². The van der Waals surface area contributed by atoms with Crippen molar-refractivity contribution in [3.63, 3.8) is 0 Å². The molecule has 0 N–H and O–H groups in total. The van der Waals surface area contributed by atoms with E-state index in [1.54, 1.807) is 0 Å². The monoisotopic (exact) mass is 441 g/mol. The largest absolute Gasteiger partial charge is 0.345 e. The van der Waals surface area contributed by atoms with E-state index >= 15 is 0 Å². The Morgan fingerprint density at radius 1 is 0.727 bits per heavy atom. The molecule has 5 nitrogen and oxygen atoms in total. The molecular weight excluding hydrogens is 410 g/mol. The van der Waals surface area contributed by atoms with Crippen molar-refractivity contribution in [2.45, 2.75) is 20.3 Å². The van der Waals surface area contributed by atoms with Crippen LogP contribution in [0.1, 0.15) is 27.0 Å². The third-order valence-electron chi connectivity index (χ3n) is 6.54. The lowest BCUT2D eigenvalue weighted by Crippen LogP contribution is -2.51. The predicted octanol–water partition coefficient (Wildman–Crippen LogP) is 4.60. The lowest BCUT2D eigenvalue weighted by Gasteiger charge is -2.35. The third kappa shape index (κ3) is 5.08. The van der Waals surface area contributed by atoms with Crippen molar-refractivity contribution < 1.29 is 9.59 Å². The summed E-state index contributed by atoms with van der Waals surface area (Å²) >= 11 is 0. The maximum Gasteiger partial charge on any atom is 0.253 e. The van der Waals surface area contributed by atoms with Gasteiger partial charge in [-0.1, -0.05) is 36.4 Å². The summed E-state index contributed by atoms with van der Waals surface area (Å²) < 4.78 is 0. The number of hydrogen-bond donors (Lipinski definition) is 0. The molecule has 170 valence electrons. The smallest absolute Gasteiger partial charge is 0.253 e. The Balaban J connectivity index is 1.34. The molecule has 0 spiro atoms. The van der Waals surface area contributed by atoms with Gasteiger partial charge in [-0.05, 0) is 66.9 Å². The molecule has 0 atom stereocenters. The molecule has 1 aliphatic heterocycles. The summed E-state index contributed by atoms with van der Waals surface area (Å²) in [5.41, 5.74) is 6.21. The van der Waals surface area contributed by atoms with Gasteiger partial charge in [0.2, 0.25) is 5.91 Å². The first-order valence-corrected chi connectivity index (χ1v) is 11.4. The number of carbonyl (C=O) groups is 2. The second-order valence-electron chi connectivity index (χ2n) is 8.66. The minimum Gasteiger partial charge on any atom is -0.345 e. The number of hydrogen-bond acceptors (Lipinski definition) is 3. The number of nitrogens with zero attached hydrogens (tertiary/aromatic N) is 3. The van der Waals surface area contributed by atoms with Gasteiger partial charge in [0.25, 0.3) is 5.91 Å². The fraction of sp³-hybridized carbons (Fsp3) is 0.286. The topological polar surface area (TPSA) is 43.9 Å². The molecule has 2 amide bonds. The van der Waals surface area contributed by atoms with Crippen molar-refractivity contribution in [1.82, 2.24) is 9.80 Å². The Morgan fingerprint density at radius 3 is 1.88 bits per heavy atom. The van der Waals surface area contributed by atoms with Gasteiger partial charge in [-0.2, -0.15) is 0 Å². The van der Waals surface area contributed by atoms with Gasteiger partial charge in [-0.3, -0.25) is 9.59 Å². The van der Waals surface area contributed by atoms with E-state index in [4.69, 9.17) is 0 Å². The summed E-state index contributed by atoms with van der Waals surface area (Å²) in [7, 11) is 2.01. The molecule has 1 aliphatic rings. The molecule has 3 aromatic carbocycles. The minimum atomic E-state index is 0.0192. The lowest BCUT2D eigenvalue weighted by atomic mass is 9.99. The highest BCUT2D eigenvalue weighted by Crippen LogP contribution is 2.24. The SMILES string of the molecule is Cc1cccc(C)c1CC(=O)N1CCN(C(=O)c2ccc(N(C)c3ccccc3)cc2)CC1. The van der Waals surface area contributed by atoms with Crippen LogP contribution >= 0.6 is 0 Å². The molecule has 1 fully saturated rings. The standard InChI is InChI=1S/C28H31N3O2/c1-21-8-7-9-22(2)26(21)20-27(32)30-16-18-31(19-17-30)28(33)23-12-14-25(15-13-23)29(3)24-10-5-4-6-11-24/h4-15H,16-20H2,1-3H3. The maximum atomic E-state index is 13.0. The molecule has 0 radical (unpaired) electrons.